The van der Waals surface area contributed by atoms with E-state index in [1.807, 2.05) is 0 Å². The van der Waals surface area contributed by atoms with Crippen molar-refractivity contribution in [3.05, 3.63) is 35.9 Å². The van der Waals surface area contributed by atoms with Crippen molar-refractivity contribution in [1.29, 1.82) is 0 Å². The number of amides is 14. The molecule has 0 aliphatic heterocycles. The second kappa shape index (κ2) is 45.8. The van der Waals surface area contributed by atoms with Crippen LogP contribution in [-0.4, -0.2) is 209 Å². The van der Waals surface area contributed by atoms with E-state index in [9.17, 15) is 86.9 Å². The van der Waals surface area contributed by atoms with Crippen LogP contribution in [-0.2, 0) is 83.1 Å². The van der Waals surface area contributed by atoms with E-state index >= 15 is 0 Å². The molecule has 1 aromatic rings. The molecule has 102 heavy (non-hydrogen) atoms. The molecule has 14 amide bonds. The molecule has 0 aliphatic rings. The minimum absolute atomic E-state index is 0.0149. The van der Waals surface area contributed by atoms with Crippen molar-refractivity contribution in [2.45, 2.75) is 219 Å². The number of benzene rings is 1. The van der Waals surface area contributed by atoms with E-state index in [0.29, 0.717) is 12.0 Å². The second-order valence-electron chi connectivity index (χ2n) is 25.1. The standard InChI is InChI=1S/C64H106N20O18/c1-12-32(5)49(61(101)72-30-46(86)77-45(29-48(89)90)59(99)75-35(8)53(93)81-43(51(65)91)28-39-19-15-14-16-20-39)84-58(98)41(22-18-26-71-64(68)69)79-57(97)40(21-17-25-70-63(66)67)80-60(100)44(27-31(3)4)82-54(94)36(9)74-56(96)42(23-24-47(87)88)78-52(92)37(10)76-62(102)50(33(6)13-2)83-55(95)34(7)73-38(11)85/h14-16,19-20,31-37,40-45,49-50H,12-13,17-18,21-30H2,1-11H3,(H2,65,91)(H,72,101)(H,73,85)(H,74,96)(H,75,99)(H,76,102)(H,77,86)(H,78,92)(H,79,97)(H,80,100)(H,81,93)(H,82,94)(H,83,95)(H,84,98)(H,87,88)(H,89,90)(H4,66,67,70)(H4,68,69,71)/t32-,33-,34-,35-,36-,37-,40-,41-,42-,43-,44-,45-,49-,50-/m0/s1. The zero-order chi connectivity index (χ0) is 77.7. The minimum atomic E-state index is -1.80. The first-order valence-electron chi connectivity index (χ1n) is 33.5. The van der Waals surface area contributed by atoms with E-state index in [2.05, 4.69) is 79.1 Å². The number of aliphatic imine (C=N–C) groups is 2. The number of carbonyl (C=O) groups excluding carboxylic acids is 14. The van der Waals surface area contributed by atoms with Crippen LogP contribution in [0.4, 0.5) is 0 Å². The highest BCUT2D eigenvalue weighted by molar-refractivity contribution is 6.00. The normalized spacial score (nSPS) is 15.0. The van der Waals surface area contributed by atoms with Crippen molar-refractivity contribution in [3.63, 3.8) is 0 Å². The SMILES string of the molecule is CC[C@H](C)[C@H](NC(=O)[C@H](C)NC(C)=O)C(=O)N[C@@H](C)C(=O)N[C@@H](CCC(=O)O)C(=O)N[C@@H](C)C(=O)N[C@@H](CC(C)C)C(=O)N[C@@H](CCCN=C(N)N)C(=O)N[C@@H](CCCN=C(N)N)C(=O)N[C@H](C(=O)NCC(=O)N[C@@H](CC(=O)O)C(=O)N[C@@H](C)C(=O)N[C@@H](Cc1ccccc1)C(N)=O)[C@@H](C)CC. The molecular formula is C64H106N20O18. The van der Waals surface area contributed by atoms with Gasteiger partial charge in [0.1, 0.15) is 72.5 Å². The maximum atomic E-state index is 14.5. The highest BCUT2D eigenvalue weighted by atomic mass is 16.4. The summed E-state index contributed by atoms with van der Waals surface area (Å²) in [5.74, 6) is -17.6. The molecule has 0 fully saturated rings. The number of primary amides is 1. The highest BCUT2D eigenvalue weighted by Crippen LogP contribution is 2.14. The van der Waals surface area contributed by atoms with Gasteiger partial charge in [0.25, 0.3) is 0 Å². The lowest BCUT2D eigenvalue weighted by molar-refractivity contribution is -0.141. The molecule has 0 spiro atoms. The number of nitrogens with one attached hydrogen (secondary N) is 13. The number of nitrogens with zero attached hydrogens (tertiary/aromatic N) is 2. The van der Waals surface area contributed by atoms with Crippen molar-refractivity contribution in [3.8, 4) is 0 Å². The van der Waals surface area contributed by atoms with Gasteiger partial charge in [-0.1, -0.05) is 84.7 Å². The molecule has 0 bridgehead atoms. The average molecular weight is 1440 g/mol. The molecule has 0 aromatic heterocycles. The number of carboxylic acids is 2. The molecule has 0 radical (unpaired) electrons. The third kappa shape index (κ3) is 34.9. The summed E-state index contributed by atoms with van der Waals surface area (Å²) < 4.78 is 0. The molecule has 0 saturated carbocycles. The summed E-state index contributed by atoms with van der Waals surface area (Å²) >= 11 is 0. The fourth-order valence-electron chi connectivity index (χ4n) is 9.63. The van der Waals surface area contributed by atoms with Crippen molar-refractivity contribution >= 4 is 107 Å². The number of hydrogen-bond acceptors (Lipinski definition) is 18. The third-order valence-corrected chi connectivity index (χ3v) is 15.8. The molecule has 570 valence electrons. The minimum Gasteiger partial charge on any atom is -0.481 e. The van der Waals surface area contributed by atoms with Crippen LogP contribution < -0.4 is 97.8 Å². The number of hydrogen-bond donors (Lipinski definition) is 20. The number of nitrogens with two attached hydrogens (primary N) is 5. The summed E-state index contributed by atoms with van der Waals surface area (Å²) in [5, 5.41) is 51.1. The molecule has 0 saturated heterocycles. The lowest BCUT2D eigenvalue weighted by atomic mass is 9.97. The fraction of sp³-hybridized carbons (Fsp3) is 0.625. The topological polar surface area (TPSA) is 625 Å². The van der Waals surface area contributed by atoms with Crippen LogP contribution in [0.3, 0.4) is 0 Å². The van der Waals surface area contributed by atoms with Gasteiger partial charge in [-0.15, -0.1) is 0 Å². The van der Waals surface area contributed by atoms with Gasteiger partial charge in [0.2, 0.25) is 82.7 Å². The lowest BCUT2D eigenvalue weighted by Gasteiger charge is -2.29. The van der Waals surface area contributed by atoms with Crippen LogP contribution in [0.2, 0.25) is 0 Å². The van der Waals surface area contributed by atoms with Crippen LogP contribution in [0, 0.1) is 17.8 Å². The van der Waals surface area contributed by atoms with Crippen LogP contribution in [0.5, 0.6) is 0 Å². The van der Waals surface area contributed by atoms with Gasteiger partial charge in [-0.25, -0.2) is 0 Å². The smallest absolute Gasteiger partial charge is 0.305 e. The Balaban J connectivity index is 3.48. The van der Waals surface area contributed by atoms with Gasteiger partial charge in [0, 0.05) is 32.9 Å². The first-order valence-corrected chi connectivity index (χ1v) is 33.5. The van der Waals surface area contributed by atoms with Gasteiger partial charge in [-0.05, 0) is 89.5 Å². The number of rotatable bonds is 47. The Labute approximate surface area is 591 Å². The highest BCUT2D eigenvalue weighted by Gasteiger charge is 2.37. The first kappa shape index (κ1) is 89.3. The molecule has 0 heterocycles. The Morgan fingerprint density at radius 2 is 0.804 bits per heavy atom. The maximum Gasteiger partial charge on any atom is 0.305 e. The lowest BCUT2D eigenvalue weighted by Crippen LogP contribution is -2.60. The zero-order valence-corrected chi connectivity index (χ0v) is 59.7. The summed E-state index contributed by atoms with van der Waals surface area (Å²) in [6.45, 7) is 15.5. The van der Waals surface area contributed by atoms with E-state index in [-0.39, 0.29) is 75.9 Å². The Hall–Kier alpha value is -10.7. The molecule has 1 aromatic carbocycles. The summed E-state index contributed by atoms with van der Waals surface area (Å²) in [6, 6.07) is -8.34. The van der Waals surface area contributed by atoms with Crippen LogP contribution in [0.1, 0.15) is 146 Å². The summed E-state index contributed by atoms with van der Waals surface area (Å²) in [4.78, 5) is 220. The van der Waals surface area contributed by atoms with Crippen molar-refractivity contribution in [2.24, 2.45) is 56.4 Å². The Kier molecular flexibility index (Phi) is 40.1. The first-order chi connectivity index (χ1) is 47.7. The zero-order valence-electron chi connectivity index (χ0n) is 59.7. The maximum absolute atomic E-state index is 14.5. The van der Waals surface area contributed by atoms with Crippen LogP contribution in [0.15, 0.2) is 40.3 Å². The van der Waals surface area contributed by atoms with Crippen molar-refractivity contribution in [1.82, 2.24) is 69.1 Å². The molecule has 38 heteroatoms. The van der Waals surface area contributed by atoms with Crippen LogP contribution in [0.25, 0.3) is 0 Å². The summed E-state index contributed by atoms with van der Waals surface area (Å²) in [6.07, 6.45) is -1.83. The molecule has 1 rings (SSSR count). The Morgan fingerprint density at radius 1 is 0.422 bits per heavy atom. The van der Waals surface area contributed by atoms with Gasteiger partial charge >= 0.3 is 11.9 Å². The van der Waals surface area contributed by atoms with Crippen LogP contribution >= 0.6 is 0 Å². The number of carbonyl (C=O) groups is 16. The Morgan fingerprint density at radius 3 is 1.25 bits per heavy atom. The van der Waals surface area contributed by atoms with Gasteiger partial charge in [0.15, 0.2) is 11.9 Å². The molecule has 0 unspecified atom stereocenters. The average Bonchev–Trinajstić information content (AvgIpc) is 0.869. The second-order valence-corrected chi connectivity index (χ2v) is 25.1. The van der Waals surface area contributed by atoms with Gasteiger partial charge in [-0.2, -0.15) is 0 Å². The van der Waals surface area contributed by atoms with Crippen molar-refractivity contribution < 1.29 is 86.9 Å². The summed E-state index contributed by atoms with van der Waals surface area (Å²) in [7, 11) is 0. The van der Waals surface area contributed by atoms with Gasteiger partial charge in [-0.3, -0.25) is 86.7 Å². The molecule has 38 nitrogen and oxygen atoms in total. The predicted octanol–water partition coefficient (Wildman–Crippen LogP) is -5.67. The van der Waals surface area contributed by atoms with E-state index < -0.39 is 205 Å². The van der Waals surface area contributed by atoms with Gasteiger partial charge < -0.3 is 108 Å². The van der Waals surface area contributed by atoms with E-state index in [0.717, 1.165) is 0 Å². The number of aliphatic carboxylic acids is 2. The predicted molar refractivity (Wildman–Crippen MR) is 371 cm³/mol. The quantitative estimate of drug-likeness (QED) is 0.0164. The largest absolute Gasteiger partial charge is 0.481 e. The van der Waals surface area contributed by atoms with E-state index in [1.165, 1.54) is 34.6 Å². The molecule has 25 N–H and O–H groups in total. The molecule has 14 atom stereocenters. The monoisotopic (exact) mass is 1440 g/mol. The molecule has 0 aliphatic carbocycles. The van der Waals surface area contributed by atoms with E-state index in [1.54, 1.807) is 71.9 Å². The Bertz CT molecular complexity index is 3130. The fourth-order valence-corrected chi connectivity index (χ4v) is 9.63. The van der Waals surface area contributed by atoms with Crippen molar-refractivity contribution in [2.75, 3.05) is 19.6 Å². The number of guanidine groups is 2. The summed E-state index contributed by atoms with van der Waals surface area (Å²) in [5.41, 5.74) is 28.4. The molecular weight excluding hydrogens is 1340 g/mol. The number of carboxylic acid groups (broad SMARTS) is 2. The van der Waals surface area contributed by atoms with Gasteiger partial charge in [0.05, 0.1) is 13.0 Å². The van der Waals surface area contributed by atoms with E-state index in [4.69, 9.17) is 28.7 Å². The third-order valence-electron chi connectivity index (χ3n) is 15.8.